The monoisotopic (exact) mass is 417 g/mol. The smallest absolute Gasteiger partial charge is 0.278 e. The second kappa shape index (κ2) is 8.31. The molecular formula is C22H27NO7. The number of aliphatic hydroxyl groups excluding tert-OH is 3. The third-order valence-electron chi connectivity index (χ3n) is 5.64. The minimum atomic E-state index is -2.29. The summed E-state index contributed by atoms with van der Waals surface area (Å²) in [5.41, 5.74) is -3.16. The Morgan fingerprint density at radius 3 is 2.53 bits per heavy atom. The summed E-state index contributed by atoms with van der Waals surface area (Å²) in [5, 5.41) is 34.4. The Hall–Kier alpha value is -2.52. The zero-order valence-electron chi connectivity index (χ0n) is 17.2. The molecule has 8 nitrogen and oxygen atoms in total. The molecule has 3 rings (SSSR count). The second-order valence-electron chi connectivity index (χ2n) is 7.54. The number of hydrogen-bond acceptors (Lipinski definition) is 7. The van der Waals surface area contributed by atoms with Gasteiger partial charge < -0.3 is 30.1 Å². The molecule has 1 aromatic carbocycles. The molecule has 2 aliphatic heterocycles. The Balaban J connectivity index is 1.93. The van der Waals surface area contributed by atoms with E-state index in [0.29, 0.717) is 6.42 Å². The highest BCUT2D eigenvalue weighted by Crippen LogP contribution is 2.44. The van der Waals surface area contributed by atoms with Crippen LogP contribution < -0.4 is 5.32 Å². The largest absolute Gasteiger partial charge is 0.467 e. The standard InChI is InChI=1S/C22H27NO7/c1-4-5-11-15(24)16(25)17-13(2)18(26)22(30-17)19(27)21(29-3,23-20(22)28)12-14-9-7-6-8-10-14/h5-11,15-16,19,24-25,27H,4,12H2,1-3H3,(H,23,28)/b11-5+/t15-,16-,19?,21+,22+/m0/s1. The molecule has 0 saturated carbocycles. The van der Waals surface area contributed by atoms with Gasteiger partial charge in [0.15, 0.2) is 11.8 Å². The first-order valence-corrected chi connectivity index (χ1v) is 9.80. The van der Waals surface area contributed by atoms with Crippen LogP contribution in [-0.2, 0) is 25.5 Å². The predicted octanol–water partition coefficient (Wildman–Crippen LogP) is 0.363. The third-order valence-corrected chi connectivity index (χ3v) is 5.64. The lowest BCUT2D eigenvalue weighted by molar-refractivity contribution is -0.169. The van der Waals surface area contributed by atoms with Gasteiger partial charge in [0.1, 0.15) is 18.0 Å². The van der Waals surface area contributed by atoms with E-state index < -0.39 is 41.3 Å². The molecule has 1 saturated heterocycles. The second-order valence-corrected chi connectivity index (χ2v) is 7.54. The number of amides is 1. The molecule has 8 heteroatoms. The van der Waals surface area contributed by atoms with E-state index in [1.54, 1.807) is 30.3 Å². The molecule has 1 amide bonds. The molecule has 1 spiro atoms. The lowest BCUT2D eigenvalue weighted by Gasteiger charge is -2.34. The molecule has 1 aromatic rings. The number of allylic oxidation sites excluding steroid dienone is 1. The van der Waals surface area contributed by atoms with Crippen molar-refractivity contribution >= 4 is 11.7 Å². The van der Waals surface area contributed by atoms with Crippen molar-refractivity contribution in [3.05, 3.63) is 59.4 Å². The van der Waals surface area contributed by atoms with Gasteiger partial charge in [-0.05, 0) is 18.9 Å². The summed E-state index contributed by atoms with van der Waals surface area (Å²) in [7, 11) is 1.32. The summed E-state index contributed by atoms with van der Waals surface area (Å²) in [5.74, 6) is -1.88. The molecular weight excluding hydrogens is 390 g/mol. The molecule has 4 N–H and O–H groups in total. The van der Waals surface area contributed by atoms with Gasteiger partial charge in [0, 0.05) is 19.1 Å². The fraction of sp³-hybridized carbons (Fsp3) is 0.455. The van der Waals surface area contributed by atoms with E-state index in [1.165, 1.54) is 20.1 Å². The summed E-state index contributed by atoms with van der Waals surface area (Å²) in [6.45, 7) is 3.25. The van der Waals surface area contributed by atoms with E-state index in [0.717, 1.165) is 5.56 Å². The first-order chi connectivity index (χ1) is 14.2. The zero-order chi connectivity index (χ0) is 22.1. The van der Waals surface area contributed by atoms with E-state index in [-0.39, 0.29) is 17.8 Å². The number of methoxy groups -OCH3 is 1. The van der Waals surface area contributed by atoms with Crippen LogP contribution in [0.4, 0.5) is 0 Å². The molecule has 0 radical (unpaired) electrons. The quantitative estimate of drug-likeness (QED) is 0.373. The van der Waals surface area contributed by atoms with Crippen LogP contribution in [-0.4, -0.2) is 63.8 Å². The Morgan fingerprint density at radius 1 is 1.27 bits per heavy atom. The Labute approximate surface area is 174 Å². The molecule has 1 fully saturated rings. The van der Waals surface area contributed by atoms with Gasteiger partial charge in [0.25, 0.3) is 11.5 Å². The van der Waals surface area contributed by atoms with Crippen LogP contribution in [0.2, 0.25) is 0 Å². The Morgan fingerprint density at radius 2 is 1.93 bits per heavy atom. The van der Waals surface area contributed by atoms with Crippen LogP contribution in [0.5, 0.6) is 0 Å². The van der Waals surface area contributed by atoms with Gasteiger partial charge >= 0.3 is 0 Å². The number of ether oxygens (including phenoxy) is 2. The van der Waals surface area contributed by atoms with Crippen LogP contribution in [0.25, 0.3) is 0 Å². The molecule has 0 aromatic heterocycles. The highest BCUT2D eigenvalue weighted by atomic mass is 16.6. The minimum Gasteiger partial charge on any atom is -0.467 e. The van der Waals surface area contributed by atoms with Gasteiger partial charge in [0.2, 0.25) is 5.78 Å². The fourth-order valence-electron chi connectivity index (χ4n) is 3.91. The fourth-order valence-corrected chi connectivity index (χ4v) is 3.91. The molecule has 2 heterocycles. The predicted molar refractivity (Wildman–Crippen MR) is 107 cm³/mol. The van der Waals surface area contributed by atoms with Crippen LogP contribution >= 0.6 is 0 Å². The SMILES string of the molecule is CC/C=C/[C@H](O)[C@H](O)C1=C(C)C(=O)[C@]2(O1)C(=O)N[C@](Cc1ccccc1)(OC)C2O. The maximum Gasteiger partial charge on any atom is 0.278 e. The van der Waals surface area contributed by atoms with Crippen molar-refractivity contribution < 1.29 is 34.4 Å². The average molecular weight is 417 g/mol. The first kappa shape index (κ1) is 22.2. The number of carbonyl (C=O) groups excluding carboxylic acids is 2. The van der Waals surface area contributed by atoms with Crippen molar-refractivity contribution in [3.63, 3.8) is 0 Å². The van der Waals surface area contributed by atoms with Gasteiger partial charge in [-0.1, -0.05) is 49.4 Å². The summed E-state index contributed by atoms with van der Waals surface area (Å²) < 4.78 is 11.2. The summed E-state index contributed by atoms with van der Waals surface area (Å²) in [4.78, 5) is 26.0. The first-order valence-electron chi connectivity index (χ1n) is 9.80. The normalized spacial score (nSPS) is 30.8. The number of hydrogen-bond donors (Lipinski definition) is 4. The van der Waals surface area contributed by atoms with Crippen molar-refractivity contribution in [1.82, 2.24) is 5.32 Å². The third kappa shape index (κ3) is 3.35. The van der Waals surface area contributed by atoms with Crippen molar-refractivity contribution in [2.75, 3.05) is 7.11 Å². The van der Waals surface area contributed by atoms with E-state index >= 15 is 0 Å². The van der Waals surface area contributed by atoms with Crippen molar-refractivity contribution in [2.45, 2.75) is 56.3 Å². The number of carbonyl (C=O) groups is 2. The summed E-state index contributed by atoms with van der Waals surface area (Å²) in [6, 6.07) is 9.05. The molecule has 1 unspecified atom stereocenters. The number of benzene rings is 1. The van der Waals surface area contributed by atoms with Crippen molar-refractivity contribution in [3.8, 4) is 0 Å². The lowest BCUT2D eigenvalue weighted by atomic mass is 9.85. The molecule has 2 aliphatic rings. The summed E-state index contributed by atoms with van der Waals surface area (Å²) in [6.07, 6.45) is -0.832. The number of Topliss-reactive ketones (excluding diaryl/α,β-unsaturated/α-hetero) is 1. The number of ketones is 1. The lowest BCUT2D eigenvalue weighted by Crippen LogP contribution is -2.57. The van der Waals surface area contributed by atoms with Crippen molar-refractivity contribution in [2.24, 2.45) is 0 Å². The molecule has 5 atom stereocenters. The Kier molecular flexibility index (Phi) is 6.14. The van der Waals surface area contributed by atoms with Gasteiger partial charge in [-0.3, -0.25) is 9.59 Å². The number of rotatable bonds is 7. The zero-order valence-corrected chi connectivity index (χ0v) is 17.2. The summed E-state index contributed by atoms with van der Waals surface area (Å²) >= 11 is 0. The van der Waals surface area contributed by atoms with E-state index in [2.05, 4.69) is 5.32 Å². The molecule has 0 bridgehead atoms. The van der Waals surface area contributed by atoms with Crippen molar-refractivity contribution in [1.29, 1.82) is 0 Å². The average Bonchev–Trinajstić information content (AvgIpc) is 3.13. The molecule has 0 aliphatic carbocycles. The van der Waals surface area contributed by atoms with Gasteiger partial charge in [-0.25, -0.2) is 0 Å². The van der Waals surface area contributed by atoms with Crippen LogP contribution in [0.1, 0.15) is 25.8 Å². The maximum atomic E-state index is 13.1. The minimum absolute atomic E-state index is 0.0349. The van der Waals surface area contributed by atoms with Crippen LogP contribution in [0.3, 0.4) is 0 Å². The van der Waals surface area contributed by atoms with Gasteiger partial charge in [0.05, 0.1) is 0 Å². The molecule has 30 heavy (non-hydrogen) atoms. The van der Waals surface area contributed by atoms with Crippen LogP contribution in [0, 0.1) is 0 Å². The number of aliphatic hydroxyl groups is 3. The van der Waals surface area contributed by atoms with E-state index in [1.807, 2.05) is 13.0 Å². The maximum absolute atomic E-state index is 13.1. The highest BCUT2D eigenvalue weighted by Gasteiger charge is 2.71. The molecule has 162 valence electrons. The van der Waals surface area contributed by atoms with Gasteiger partial charge in [-0.15, -0.1) is 0 Å². The highest BCUT2D eigenvalue weighted by molar-refractivity contribution is 6.20. The van der Waals surface area contributed by atoms with Gasteiger partial charge in [-0.2, -0.15) is 0 Å². The van der Waals surface area contributed by atoms with E-state index in [4.69, 9.17) is 9.47 Å². The Bertz CT molecular complexity index is 881. The van der Waals surface area contributed by atoms with E-state index in [9.17, 15) is 24.9 Å². The van der Waals surface area contributed by atoms with Crippen LogP contribution in [0.15, 0.2) is 53.8 Å². The number of nitrogens with one attached hydrogen (secondary N) is 1. The topological polar surface area (TPSA) is 125 Å².